The largest absolute Gasteiger partial charge is 0.439 e. The van der Waals surface area contributed by atoms with Gasteiger partial charge in [0.05, 0.1) is 12.0 Å². The second kappa shape index (κ2) is 4.30. The summed E-state index contributed by atoms with van der Waals surface area (Å²) in [6, 6.07) is 0. The summed E-state index contributed by atoms with van der Waals surface area (Å²) in [5, 5.41) is 4.17. The third-order valence-corrected chi connectivity index (χ3v) is 3.11. The van der Waals surface area contributed by atoms with E-state index in [0.29, 0.717) is 16.8 Å². The van der Waals surface area contributed by atoms with Gasteiger partial charge in [0.25, 0.3) is 5.22 Å². The Morgan fingerprint density at radius 3 is 2.94 bits per heavy atom. The lowest BCUT2D eigenvalue weighted by atomic mass is 10.5. The van der Waals surface area contributed by atoms with E-state index in [9.17, 15) is 0 Å². The molecule has 8 heteroatoms. The molecule has 0 bridgehead atoms. The van der Waals surface area contributed by atoms with Crippen molar-refractivity contribution in [2.24, 2.45) is 0 Å². The van der Waals surface area contributed by atoms with Crippen molar-refractivity contribution in [1.82, 2.24) is 24.9 Å². The molecule has 0 amide bonds. The van der Waals surface area contributed by atoms with Crippen LogP contribution in [-0.2, 0) is 0 Å². The molecule has 3 rings (SSSR count). The number of anilines is 1. The fourth-order valence-electron chi connectivity index (χ4n) is 1.45. The van der Waals surface area contributed by atoms with Crippen molar-refractivity contribution in [2.45, 2.75) is 17.2 Å². The van der Waals surface area contributed by atoms with E-state index in [1.54, 1.807) is 19.6 Å². The van der Waals surface area contributed by atoms with E-state index in [4.69, 9.17) is 4.42 Å². The Labute approximate surface area is 106 Å². The van der Waals surface area contributed by atoms with Crippen LogP contribution in [0.25, 0.3) is 11.2 Å². The molecule has 0 aliphatic rings. The molecule has 0 unspecified atom stereocenters. The van der Waals surface area contributed by atoms with Gasteiger partial charge in [-0.15, -0.1) is 0 Å². The Balaban J connectivity index is 2.06. The number of H-pyrrole nitrogens is 1. The molecule has 0 spiro atoms. The van der Waals surface area contributed by atoms with Crippen molar-refractivity contribution in [3.8, 4) is 0 Å². The highest BCUT2D eigenvalue weighted by Crippen LogP contribution is 2.30. The van der Waals surface area contributed by atoms with E-state index in [2.05, 4.69) is 30.2 Å². The molecule has 7 nitrogen and oxygen atoms in total. The average molecular weight is 262 g/mol. The first kappa shape index (κ1) is 11.0. The Morgan fingerprint density at radius 2 is 2.22 bits per heavy atom. The van der Waals surface area contributed by atoms with E-state index in [1.807, 2.05) is 6.92 Å². The molecule has 3 aromatic rings. The lowest BCUT2D eigenvalue weighted by molar-refractivity contribution is 0.454. The zero-order valence-corrected chi connectivity index (χ0v) is 10.6. The van der Waals surface area contributed by atoms with Crippen molar-refractivity contribution < 1.29 is 4.42 Å². The number of imidazole rings is 1. The monoisotopic (exact) mass is 262 g/mol. The summed E-state index contributed by atoms with van der Waals surface area (Å²) < 4.78 is 5.30. The maximum Gasteiger partial charge on any atom is 0.262 e. The van der Waals surface area contributed by atoms with Gasteiger partial charge in [-0.05, 0) is 18.7 Å². The van der Waals surface area contributed by atoms with E-state index >= 15 is 0 Å². The van der Waals surface area contributed by atoms with Gasteiger partial charge in [-0.25, -0.2) is 15.0 Å². The molecular formula is C10H10N6OS. The molecule has 2 N–H and O–H groups in total. The number of nitrogens with zero attached hydrogens (tertiary/aromatic N) is 4. The molecule has 3 aromatic heterocycles. The first-order chi connectivity index (χ1) is 8.76. The maximum atomic E-state index is 5.30. The number of aromatic nitrogens is 5. The minimum Gasteiger partial charge on any atom is -0.439 e. The third-order valence-electron chi connectivity index (χ3n) is 2.26. The fraction of sp³-hybridized carbons (Fsp3) is 0.200. The fourth-order valence-corrected chi connectivity index (χ4v) is 2.29. The van der Waals surface area contributed by atoms with Gasteiger partial charge < -0.3 is 14.7 Å². The zero-order valence-electron chi connectivity index (χ0n) is 9.76. The molecular weight excluding hydrogens is 252 g/mol. The van der Waals surface area contributed by atoms with Crippen molar-refractivity contribution in [3.05, 3.63) is 18.3 Å². The quantitative estimate of drug-likeness (QED) is 0.696. The number of oxazole rings is 1. The van der Waals surface area contributed by atoms with Crippen LogP contribution in [0.5, 0.6) is 0 Å². The zero-order chi connectivity index (χ0) is 12.5. The van der Waals surface area contributed by atoms with Crippen LogP contribution in [0.15, 0.2) is 27.3 Å². The third kappa shape index (κ3) is 1.90. The van der Waals surface area contributed by atoms with Gasteiger partial charge in [0.2, 0.25) is 5.95 Å². The van der Waals surface area contributed by atoms with Crippen molar-refractivity contribution in [1.29, 1.82) is 0 Å². The molecule has 0 saturated heterocycles. The van der Waals surface area contributed by atoms with Crippen LogP contribution in [-0.4, -0.2) is 32.0 Å². The van der Waals surface area contributed by atoms with Crippen LogP contribution in [0.4, 0.5) is 5.95 Å². The second-order valence-electron chi connectivity index (χ2n) is 3.56. The van der Waals surface area contributed by atoms with Gasteiger partial charge in [0.15, 0.2) is 5.65 Å². The Bertz CT molecular complexity index is 691. The number of fused-ring (bicyclic) bond motifs is 1. The first-order valence-corrected chi connectivity index (χ1v) is 6.07. The Hall–Kier alpha value is -2.09. The molecule has 0 saturated carbocycles. The number of nitrogens with one attached hydrogen (secondary N) is 2. The number of hydrogen-bond acceptors (Lipinski definition) is 7. The van der Waals surface area contributed by atoms with Crippen molar-refractivity contribution in [3.63, 3.8) is 0 Å². The van der Waals surface area contributed by atoms with Gasteiger partial charge in [0.1, 0.15) is 16.8 Å². The predicted molar refractivity (Wildman–Crippen MR) is 66.6 cm³/mol. The molecule has 0 aromatic carbocycles. The van der Waals surface area contributed by atoms with Crippen molar-refractivity contribution in [2.75, 3.05) is 12.4 Å². The highest BCUT2D eigenvalue weighted by molar-refractivity contribution is 7.99. The van der Waals surface area contributed by atoms with E-state index in [0.717, 1.165) is 16.2 Å². The predicted octanol–water partition coefficient (Wildman–Crippen LogP) is 1.84. The molecule has 0 aliphatic carbocycles. The molecule has 0 radical (unpaired) electrons. The van der Waals surface area contributed by atoms with Crippen LogP contribution in [0, 0.1) is 6.92 Å². The van der Waals surface area contributed by atoms with Crippen LogP contribution in [0.1, 0.15) is 5.69 Å². The second-order valence-corrected chi connectivity index (χ2v) is 4.50. The topological polar surface area (TPSA) is 92.5 Å². The minimum absolute atomic E-state index is 0.514. The van der Waals surface area contributed by atoms with E-state index in [1.165, 1.54) is 11.8 Å². The molecule has 0 fully saturated rings. The minimum atomic E-state index is 0.514. The Kier molecular flexibility index (Phi) is 2.63. The average Bonchev–Trinajstić information content (AvgIpc) is 2.98. The van der Waals surface area contributed by atoms with Crippen LogP contribution in [0.2, 0.25) is 0 Å². The normalized spacial score (nSPS) is 11.0. The van der Waals surface area contributed by atoms with Gasteiger partial charge in [-0.3, -0.25) is 0 Å². The van der Waals surface area contributed by atoms with Crippen LogP contribution < -0.4 is 5.32 Å². The summed E-state index contributed by atoms with van der Waals surface area (Å²) in [4.78, 5) is 20.0. The summed E-state index contributed by atoms with van der Waals surface area (Å²) in [5.74, 6) is 0.514. The number of aromatic amines is 1. The molecule has 0 atom stereocenters. The number of aryl methyl sites for hydroxylation is 1. The SMILES string of the molecule is CNc1nc(Sc2nc(C)co2)c2[nH]cnc2n1. The highest BCUT2D eigenvalue weighted by Gasteiger charge is 2.13. The summed E-state index contributed by atoms with van der Waals surface area (Å²) >= 11 is 1.33. The summed E-state index contributed by atoms with van der Waals surface area (Å²) in [6.07, 6.45) is 3.19. The van der Waals surface area contributed by atoms with Crippen LogP contribution >= 0.6 is 11.8 Å². The van der Waals surface area contributed by atoms with Gasteiger partial charge >= 0.3 is 0 Å². The standard InChI is InChI=1S/C10H10N6OS/c1-5-3-17-10(14-5)18-8-6-7(13-4-12-6)15-9(11-2)16-8/h3-4H,1-2H3,(H2,11,12,13,15,16). The lowest BCUT2D eigenvalue weighted by Gasteiger charge is -2.01. The lowest BCUT2D eigenvalue weighted by Crippen LogP contribution is -1.98. The van der Waals surface area contributed by atoms with Crippen molar-refractivity contribution >= 4 is 28.9 Å². The summed E-state index contributed by atoms with van der Waals surface area (Å²) in [6.45, 7) is 1.87. The molecule has 18 heavy (non-hydrogen) atoms. The maximum absolute atomic E-state index is 5.30. The number of hydrogen-bond donors (Lipinski definition) is 2. The summed E-state index contributed by atoms with van der Waals surface area (Å²) in [5.41, 5.74) is 2.22. The first-order valence-electron chi connectivity index (χ1n) is 5.25. The molecule has 0 aliphatic heterocycles. The molecule has 92 valence electrons. The van der Waals surface area contributed by atoms with Gasteiger partial charge in [-0.2, -0.15) is 4.98 Å². The van der Waals surface area contributed by atoms with Crippen LogP contribution in [0.3, 0.4) is 0 Å². The molecule has 3 heterocycles. The smallest absolute Gasteiger partial charge is 0.262 e. The summed E-state index contributed by atoms with van der Waals surface area (Å²) in [7, 11) is 1.76. The van der Waals surface area contributed by atoms with E-state index in [-0.39, 0.29) is 0 Å². The van der Waals surface area contributed by atoms with Gasteiger partial charge in [-0.1, -0.05) is 0 Å². The van der Waals surface area contributed by atoms with Gasteiger partial charge in [0, 0.05) is 7.05 Å². The number of rotatable bonds is 3. The Morgan fingerprint density at radius 1 is 1.33 bits per heavy atom. The highest BCUT2D eigenvalue weighted by atomic mass is 32.2. The van der Waals surface area contributed by atoms with E-state index < -0.39 is 0 Å².